The maximum absolute atomic E-state index is 11.0. The van der Waals surface area contributed by atoms with Crippen LogP contribution in [0.3, 0.4) is 0 Å². The molecule has 76 valence electrons. The number of nitrogens with one attached hydrogen (secondary N) is 2. The molecule has 14 heavy (non-hydrogen) atoms. The highest BCUT2D eigenvalue weighted by atomic mass is 16.3. The summed E-state index contributed by atoms with van der Waals surface area (Å²) in [5.74, 6) is 0. The summed E-state index contributed by atoms with van der Waals surface area (Å²) >= 11 is 0. The van der Waals surface area contributed by atoms with E-state index in [-0.39, 0.29) is 17.7 Å². The second-order valence-electron chi connectivity index (χ2n) is 3.75. The lowest BCUT2D eigenvalue weighted by atomic mass is 9.77. The van der Waals surface area contributed by atoms with Crippen molar-refractivity contribution in [2.24, 2.45) is 0 Å². The van der Waals surface area contributed by atoms with Gasteiger partial charge in [0.1, 0.15) is 0 Å². The van der Waals surface area contributed by atoms with E-state index in [4.69, 9.17) is 0 Å². The van der Waals surface area contributed by atoms with Crippen molar-refractivity contribution in [3.05, 3.63) is 22.6 Å². The Hall–Kier alpha value is -1.36. The number of rotatable bonds is 3. The molecule has 0 saturated heterocycles. The quantitative estimate of drug-likeness (QED) is 0.639. The van der Waals surface area contributed by atoms with Crippen molar-refractivity contribution < 1.29 is 5.11 Å². The Morgan fingerprint density at radius 3 is 2.93 bits per heavy atom. The lowest BCUT2D eigenvalue weighted by molar-refractivity contribution is 0.144. The number of aromatic amines is 1. The van der Waals surface area contributed by atoms with Crippen LogP contribution in [0.25, 0.3) is 0 Å². The fourth-order valence-corrected chi connectivity index (χ4v) is 1.68. The van der Waals surface area contributed by atoms with E-state index in [1.807, 2.05) is 0 Å². The van der Waals surface area contributed by atoms with Gasteiger partial charge in [-0.2, -0.15) is 5.10 Å². The summed E-state index contributed by atoms with van der Waals surface area (Å²) in [4.78, 5) is 11.0. The van der Waals surface area contributed by atoms with Crippen LogP contribution in [-0.4, -0.2) is 27.4 Å². The van der Waals surface area contributed by atoms with E-state index in [1.54, 1.807) is 6.20 Å². The topological polar surface area (TPSA) is 78.0 Å². The third-order valence-electron chi connectivity index (χ3n) is 2.69. The summed E-state index contributed by atoms with van der Waals surface area (Å²) in [6.07, 6.45) is 4.55. The maximum atomic E-state index is 11.0. The van der Waals surface area contributed by atoms with E-state index < -0.39 is 0 Å². The van der Waals surface area contributed by atoms with Crippen molar-refractivity contribution in [2.75, 3.05) is 11.9 Å². The molecule has 2 rings (SSSR count). The molecule has 0 spiro atoms. The SMILES string of the molecule is O=c1cc(NC2(CO)CCC2)cn[nH]1. The second-order valence-corrected chi connectivity index (χ2v) is 3.75. The lowest BCUT2D eigenvalue weighted by Crippen LogP contribution is -2.48. The van der Waals surface area contributed by atoms with E-state index in [0.29, 0.717) is 5.69 Å². The smallest absolute Gasteiger partial charge is 0.266 e. The monoisotopic (exact) mass is 195 g/mol. The fraction of sp³-hybridized carbons (Fsp3) is 0.556. The molecule has 1 fully saturated rings. The van der Waals surface area contributed by atoms with Crippen LogP contribution in [0.5, 0.6) is 0 Å². The average molecular weight is 195 g/mol. The molecule has 0 unspecified atom stereocenters. The molecule has 1 heterocycles. The van der Waals surface area contributed by atoms with Gasteiger partial charge < -0.3 is 10.4 Å². The number of anilines is 1. The van der Waals surface area contributed by atoms with Gasteiger partial charge >= 0.3 is 0 Å². The van der Waals surface area contributed by atoms with Crippen LogP contribution in [0.4, 0.5) is 5.69 Å². The highest BCUT2D eigenvalue weighted by molar-refractivity contribution is 5.42. The third kappa shape index (κ3) is 1.63. The summed E-state index contributed by atoms with van der Waals surface area (Å²) in [5.41, 5.74) is 0.208. The van der Waals surface area contributed by atoms with Gasteiger partial charge in [0, 0.05) is 6.07 Å². The standard InChI is InChI=1S/C9H13N3O2/c13-6-9(2-1-3-9)11-7-4-8(14)12-10-5-7/h4-5,13H,1-3,6H2,(H2,11,12,14). The Labute approximate surface area is 81.2 Å². The molecule has 1 saturated carbocycles. The van der Waals surface area contributed by atoms with Crippen molar-refractivity contribution >= 4 is 5.69 Å². The minimum Gasteiger partial charge on any atom is -0.394 e. The Balaban J connectivity index is 2.13. The molecule has 1 aliphatic carbocycles. The van der Waals surface area contributed by atoms with Gasteiger partial charge in [0.05, 0.1) is 24.0 Å². The Bertz CT molecular complexity index is 365. The molecular formula is C9H13N3O2. The molecule has 0 aromatic carbocycles. The van der Waals surface area contributed by atoms with Crippen LogP contribution in [0.2, 0.25) is 0 Å². The molecule has 5 heteroatoms. The summed E-state index contributed by atoms with van der Waals surface area (Å²) in [7, 11) is 0. The first-order valence-electron chi connectivity index (χ1n) is 4.68. The number of nitrogens with zero attached hydrogens (tertiary/aromatic N) is 1. The zero-order valence-electron chi connectivity index (χ0n) is 7.79. The van der Waals surface area contributed by atoms with Crippen LogP contribution in [-0.2, 0) is 0 Å². The molecule has 3 N–H and O–H groups in total. The van der Waals surface area contributed by atoms with Crippen LogP contribution in [0, 0.1) is 0 Å². The molecule has 0 radical (unpaired) electrons. The number of hydrogen-bond acceptors (Lipinski definition) is 4. The van der Waals surface area contributed by atoms with Crippen LogP contribution in [0.15, 0.2) is 17.1 Å². The normalized spacial score (nSPS) is 18.6. The number of aliphatic hydroxyl groups is 1. The predicted molar refractivity (Wildman–Crippen MR) is 52.1 cm³/mol. The van der Waals surface area contributed by atoms with Gasteiger partial charge in [0.15, 0.2) is 0 Å². The van der Waals surface area contributed by atoms with E-state index >= 15 is 0 Å². The lowest BCUT2D eigenvalue weighted by Gasteiger charge is -2.41. The fourth-order valence-electron chi connectivity index (χ4n) is 1.68. The first-order chi connectivity index (χ1) is 6.74. The second kappa shape index (κ2) is 3.42. The molecule has 0 amide bonds. The zero-order chi connectivity index (χ0) is 10.0. The molecule has 5 nitrogen and oxygen atoms in total. The molecule has 1 aromatic heterocycles. The summed E-state index contributed by atoms with van der Waals surface area (Å²) in [6, 6.07) is 1.45. The van der Waals surface area contributed by atoms with Crippen molar-refractivity contribution in [1.29, 1.82) is 0 Å². The Morgan fingerprint density at radius 2 is 2.43 bits per heavy atom. The molecule has 1 aliphatic rings. The number of aliphatic hydroxyl groups excluding tert-OH is 1. The van der Waals surface area contributed by atoms with E-state index in [0.717, 1.165) is 19.3 Å². The average Bonchev–Trinajstić information content (AvgIpc) is 2.11. The predicted octanol–water partition coefficient (Wildman–Crippen LogP) is 0.0968. The molecule has 0 aliphatic heterocycles. The van der Waals surface area contributed by atoms with Gasteiger partial charge in [-0.05, 0) is 19.3 Å². The molecule has 0 bridgehead atoms. The van der Waals surface area contributed by atoms with Crippen molar-refractivity contribution in [3.8, 4) is 0 Å². The van der Waals surface area contributed by atoms with Crippen molar-refractivity contribution in [3.63, 3.8) is 0 Å². The van der Waals surface area contributed by atoms with E-state index in [9.17, 15) is 9.90 Å². The van der Waals surface area contributed by atoms with Gasteiger partial charge in [-0.1, -0.05) is 0 Å². The van der Waals surface area contributed by atoms with Crippen molar-refractivity contribution in [2.45, 2.75) is 24.8 Å². The number of aromatic nitrogens is 2. The summed E-state index contributed by atoms with van der Waals surface area (Å²) in [6.45, 7) is 0.0970. The molecular weight excluding hydrogens is 182 g/mol. The molecule has 1 aromatic rings. The highest BCUT2D eigenvalue weighted by Gasteiger charge is 2.36. The first-order valence-corrected chi connectivity index (χ1v) is 4.68. The summed E-state index contributed by atoms with van der Waals surface area (Å²) in [5, 5.41) is 18.3. The van der Waals surface area contributed by atoms with E-state index in [1.165, 1.54) is 6.07 Å². The van der Waals surface area contributed by atoms with Gasteiger partial charge in [-0.15, -0.1) is 0 Å². The maximum Gasteiger partial charge on any atom is 0.266 e. The summed E-state index contributed by atoms with van der Waals surface area (Å²) < 4.78 is 0. The largest absolute Gasteiger partial charge is 0.394 e. The molecule has 0 atom stereocenters. The van der Waals surface area contributed by atoms with Gasteiger partial charge in [0.25, 0.3) is 5.56 Å². The first kappa shape index (κ1) is 9.21. The van der Waals surface area contributed by atoms with Gasteiger partial charge in [0.2, 0.25) is 0 Å². The minimum absolute atomic E-state index is 0.0970. The Morgan fingerprint density at radius 1 is 1.64 bits per heavy atom. The third-order valence-corrected chi connectivity index (χ3v) is 2.69. The number of H-pyrrole nitrogens is 1. The van der Waals surface area contributed by atoms with E-state index in [2.05, 4.69) is 15.5 Å². The van der Waals surface area contributed by atoms with Crippen LogP contribution >= 0.6 is 0 Å². The zero-order valence-corrected chi connectivity index (χ0v) is 7.79. The van der Waals surface area contributed by atoms with Crippen molar-refractivity contribution in [1.82, 2.24) is 10.2 Å². The van der Waals surface area contributed by atoms with Gasteiger partial charge in [-0.3, -0.25) is 4.79 Å². The Kier molecular flexibility index (Phi) is 2.25. The minimum atomic E-state index is -0.234. The van der Waals surface area contributed by atoms with Crippen LogP contribution < -0.4 is 10.9 Å². The van der Waals surface area contributed by atoms with Gasteiger partial charge in [-0.25, -0.2) is 5.10 Å². The highest BCUT2D eigenvalue weighted by Crippen LogP contribution is 2.34. The number of hydrogen-bond donors (Lipinski definition) is 3. The van der Waals surface area contributed by atoms with Crippen LogP contribution in [0.1, 0.15) is 19.3 Å².